The van der Waals surface area contributed by atoms with Crippen LogP contribution in [-0.2, 0) is 4.74 Å². The molecule has 128 valence electrons. The summed E-state index contributed by atoms with van der Waals surface area (Å²) in [5.74, 6) is 1.63. The van der Waals surface area contributed by atoms with Gasteiger partial charge in [-0.1, -0.05) is 19.1 Å². The van der Waals surface area contributed by atoms with Crippen molar-refractivity contribution in [2.45, 2.75) is 26.3 Å². The number of benzene rings is 1. The Bertz CT molecular complexity index is 657. The number of hydrogen-bond acceptors (Lipinski definition) is 6. The summed E-state index contributed by atoms with van der Waals surface area (Å²) in [6.45, 7) is 7.64. The molecule has 0 saturated carbocycles. The zero-order valence-corrected chi connectivity index (χ0v) is 14.3. The maximum Gasteiger partial charge on any atom is 0.135 e. The van der Waals surface area contributed by atoms with Gasteiger partial charge in [0.1, 0.15) is 18.0 Å². The van der Waals surface area contributed by atoms with E-state index in [0.717, 1.165) is 50.0 Å². The highest BCUT2D eigenvalue weighted by Crippen LogP contribution is 2.29. The number of hydrogen-bond donors (Lipinski definition) is 2. The van der Waals surface area contributed by atoms with Crippen molar-refractivity contribution in [1.29, 1.82) is 0 Å². The standard InChI is InChI=1S/C18H25N5O/c1-3-14(2)21-17-12-18(20-13-19-17)22-15-6-4-5-7-16(15)23-8-10-24-11-9-23/h4-7,12-14H,3,8-11H2,1-2H3,(H2,19,20,21,22). The van der Waals surface area contributed by atoms with E-state index in [0.29, 0.717) is 6.04 Å². The molecule has 0 bridgehead atoms. The van der Waals surface area contributed by atoms with Gasteiger partial charge in [0.25, 0.3) is 0 Å². The van der Waals surface area contributed by atoms with Crippen LogP contribution >= 0.6 is 0 Å². The van der Waals surface area contributed by atoms with Crippen LogP contribution < -0.4 is 15.5 Å². The van der Waals surface area contributed by atoms with Crippen LogP contribution in [0.25, 0.3) is 0 Å². The van der Waals surface area contributed by atoms with Crippen LogP contribution in [0.2, 0.25) is 0 Å². The zero-order valence-electron chi connectivity index (χ0n) is 14.3. The third-order valence-electron chi connectivity index (χ3n) is 4.19. The molecule has 1 fully saturated rings. The largest absolute Gasteiger partial charge is 0.378 e. The fourth-order valence-electron chi connectivity index (χ4n) is 2.66. The molecule has 1 atom stereocenters. The molecule has 1 aromatic carbocycles. The monoisotopic (exact) mass is 327 g/mol. The Kier molecular flexibility index (Phi) is 5.48. The molecule has 1 aliphatic rings. The first-order chi connectivity index (χ1) is 11.8. The van der Waals surface area contributed by atoms with Gasteiger partial charge in [-0.25, -0.2) is 9.97 Å². The predicted octanol–water partition coefficient (Wildman–Crippen LogP) is 3.27. The Morgan fingerprint density at radius 3 is 2.71 bits per heavy atom. The van der Waals surface area contributed by atoms with Crippen molar-refractivity contribution in [2.75, 3.05) is 41.8 Å². The second-order valence-electron chi connectivity index (χ2n) is 5.98. The molecule has 0 amide bonds. The predicted molar refractivity (Wildman–Crippen MR) is 98.2 cm³/mol. The van der Waals surface area contributed by atoms with Crippen LogP contribution in [0, 0.1) is 0 Å². The summed E-state index contributed by atoms with van der Waals surface area (Å²) in [6, 6.07) is 10.6. The minimum Gasteiger partial charge on any atom is -0.378 e. The van der Waals surface area contributed by atoms with E-state index in [-0.39, 0.29) is 0 Å². The molecule has 0 spiro atoms. The van der Waals surface area contributed by atoms with Gasteiger partial charge in [0.05, 0.1) is 24.6 Å². The number of nitrogens with one attached hydrogen (secondary N) is 2. The van der Waals surface area contributed by atoms with Crippen molar-refractivity contribution >= 4 is 23.0 Å². The van der Waals surface area contributed by atoms with Crippen LogP contribution in [0.4, 0.5) is 23.0 Å². The minimum atomic E-state index is 0.383. The third kappa shape index (κ3) is 4.14. The second kappa shape index (κ2) is 7.97. The summed E-state index contributed by atoms with van der Waals surface area (Å²) in [5.41, 5.74) is 2.23. The molecule has 1 unspecified atom stereocenters. The number of ether oxygens (including phenoxy) is 1. The summed E-state index contributed by atoms with van der Waals surface area (Å²) >= 11 is 0. The second-order valence-corrected chi connectivity index (χ2v) is 5.98. The van der Waals surface area contributed by atoms with E-state index in [4.69, 9.17) is 4.74 Å². The molecule has 6 heteroatoms. The molecule has 3 rings (SSSR count). The average Bonchev–Trinajstić information content (AvgIpc) is 2.63. The van der Waals surface area contributed by atoms with Gasteiger partial charge in [0.15, 0.2) is 0 Å². The maximum absolute atomic E-state index is 5.45. The van der Waals surface area contributed by atoms with Crippen molar-refractivity contribution in [3.8, 4) is 0 Å². The van der Waals surface area contributed by atoms with Gasteiger partial charge < -0.3 is 20.3 Å². The van der Waals surface area contributed by atoms with E-state index in [9.17, 15) is 0 Å². The highest BCUT2D eigenvalue weighted by molar-refractivity contribution is 5.74. The first-order valence-electron chi connectivity index (χ1n) is 8.53. The number of anilines is 4. The van der Waals surface area contributed by atoms with Gasteiger partial charge in [-0.2, -0.15) is 0 Å². The number of nitrogens with zero attached hydrogens (tertiary/aromatic N) is 3. The number of morpholine rings is 1. The molecule has 2 aromatic rings. The van der Waals surface area contributed by atoms with E-state index < -0.39 is 0 Å². The highest BCUT2D eigenvalue weighted by atomic mass is 16.5. The zero-order chi connectivity index (χ0) is 16.8. The van der Waals surface area contributed by atoms with Crippen molar-refractivity contribution in [2.24, 2.45) is 0 Å². The van der Waals surface area contributed by atoms with Gasteiger partial charge in [0, 0.05) is 25.2 Å². The van der Waals surface area contributed by atoms with Gasteiger partial charge in [0.2, 0.25) is 0 Å². The Labute approximate surface area is 143 Å². The van der Waals surface area contributed by atoms with Crippen LogP contribution in [0.1, 0.15) is 20.3 Å². The maximum atomic E-state index is 5.45. The molecule has 1 aromatic heterocycles. The molecule has 0 aliphatic carbocycles. The summed E-state index contributed by atoms with van der Waals surface area (Å²) in [4.78, 5) is 11.0. The molecule has 2 heterocycles. The fourth-order valence-corrected chi connectivity index (χ4v) is 2.66. The lowest BCUT2D eigenvalue weighted by Gasteiger charge is -2.30. The molecule has 2 N–H and O–H groups in total. The van der Waals surface area contributed by atoms with Crippen molar-refractivity contribution in [3.63, 3.8) is 0 Å². The number of aromatic nitrogens is 2. The van der Waals surface area contributed by atoms with Crippen LogP contribution in [0.3, 0.4) is 0 Å². The summed E-state index contributed by atoms with van der Waals surface area (Å²) < 4.78 is 5.45. The van der Waals surface area contributed by atoms with E-state index in [1.54, 1.807) is 6.33 Å². The van der Waals surface area contributed by atoms with Crippen LogP contribution in [0.15, 0.2) is 36.7 Å². The third-order valence-corrected chi connectivity index (χ3v) is 4.19. The van der Waals surface area contributed by atoms with Crippen molar-refractivity contribution < 1.29 is 4.74 Å². The number of rotatable bonds is 6. The Hall–Kier alpha value is -2.34. The molecule has 6 nitrogen and oxygen atoms in total. The number of para-hydroxylation sites is 2. The van der Waals surface area contributed by atoms with E-state index >= 15 is 0 Å². The SMILES string of the molecule is CCC(C)Nc1cc(Nc2ccccc2N2CCOCC2)ncn1. The van der Waals surface area contributed by atoms with Crippen molar-refractivity contribution in [1.82, 2.24) is 9.97 Å². The first-order valence-corrected chi connectivity index (χ1v) is 8.53. The van der Waals surface area contributed by atoms with E-state index in [1.807, 2.05) is 12.1 Å². The Balaban J connectivity index is 1.77. The van der Waals surface area contributed by atoms with Crippen LogP contribution in [0.5, 0.6) is 0 Å². The molecular weight excluding hydrogens is 302 g/mol. The first kappa shape index (κ1) is 16.5. The van der Waals surface area contributed by atoms with E-state index in [2.05, 4.69) is 57.5 Å². The summed E-state index contributed by atoms with van der Waals surface area (Å²) in [7, 11) is 0. The minimum absolute atomic E-state index is 0.383. The molecule has 24 heavy (non-hydrogen) atoms. The van der Waals surface area contributed by atoms with Crippen LogP contribution in [-0.4, -0.2) is 42.3 Å². The summed E-state index contributed by atoms with van der Waals surface area (Å²) in [5, 5.41) is 6.81. The topological polar surface area (TPSA) is 62.3 Å². The summed E-state index contributed by atoms with van der Waals surface area (Å²) in [6.07, 6.45) is 2.64. The van der Waals surface area contributed by atoms with Crippen molar-refractivity contribution in [3.05, 3.63) is 36.7 Å². The van der Waals surface area contributed by atoms with Gasteiger partial charge in [-0.05, 0) is 25.5 Å². The lowest BCUT2D eigenvalue weighted by molar-refractivity contribution is 0.123. The Morgan fingerprint density at radius 2 is 1.92 bits per heavy atom. The smallest absolute Gasteiger partial charge is 0.135 e. The molecule has 1 saturated heterocycles. The highest BCUT2D eigenvalue weighted by Gasteiger charge is 2.14. The molecule has 1 aliphatic heterocycles. The quantitative estimate of drug-likeness (QED) is 0.849. The van der Waals surface area contributed by atoms with E-state index in [1.165, 1.54) is 5.69 Å². The normalized spacial score (nSPS) is 15.8. The lowest BCUT2D eigenvalue weighted by atomic mass is 10.2. The average molecular weight is 327 g/mol. The van der Waals surface area contributed by atoms with Gasteiger partial charge in [-0.3, -0.25) is 0 Å². The lowest BCUT2D eigenvalue weighted by Crippen LogP contribution is -2.36. The van der Waals surface area contributed by atoms with Gasteiger partial charge in [-0.15, -0.1) is 0 Å². The fraction of sp³-hybridized carbons (Fsp3) is 0.444. The molecule has 0 radical (unpaired) electrons. The van der Waals surface area contributed by atoms with Gasteiger partial charge >= 0.3 is 0 Å². The molecular formula is C18H25N5O. The Morgan fingerprint density at radius 1 is 1.17 bits per heavy atom.